The number of carbonyl (C=O) groups excluding carboxylic acids is 1. The monoisotopic (exact) mass is 447 g/mol. The van der Waals surface area contributed by atoms with Gasteiger partial charge in [0.25, 0.3) is 0 Å². The number of hydrogen-bond donors (Lipinski definition) is 0. The highest BCUT2D eigenvalue weighted by Gasteiger charge is 2.37. The fraction of sp³-hybridized carbons (Fsp3) is 0.522. The van der Waals surface area contributed by atoms with Gasteiger partial charge >= 0.3 is 5.97 Å². The van der Waals surface area contributed by atoms with Crippen molar-refractivity contribution in [1.29, 1.82) is 0 Å². The normalized spacial score (nSPS) is 21.5. The van der Waals surface area contributed by atoms with Crippen LogP contribution >= 0.6 is 11.6 Å². The summed E-state index contributed by atoms with van der Waals surface area (Å²) in [6.07, 6.45) is 7.83. The Kier molecular flexibility index (Phi) is 6.90. The van der Waals surface area contributed by atoms with Gasteiger partial charge in [-0.2, -0.15) is 0 Å². The van der Waals surface area contributed by atoms with Crippen LogP contribution in [0.15, 0.2) is 30.6 Å². The van der Waals surface area contributed by atoms with Crippen LogP contribution in [0.4, 0.5) is 10.3 Å². The molecule has 1 saturated carbocycles. The predicted molar refractivity (Wildman–Crippen MR) is 116 cm³/mol. The lowest BCUT2D eigenvalue weighted by Crippen LogP contribution is -2.41. The van der Waals surface area contributed by atoms with Crippen LogP contribution in [0.5, 0.6) is 5.75 Å². The van der Waals surface area contributed by atoms with E-state index in [0.717, 1.165) is 56.6 Å². The van der Waals surface area contributed by atoms with E-state index in [9.17, 15) is 9.18 Å². The van der Waals surface area contributed by atoms with Crippen LogP contribution in [-0.2, 0) is 16.0 Å². The van der Waals surface area contributed by atoms with Crippen LogP contribution in [0.25, 0.3) is 0 Å². The number of methoxy groups -OCH3 is 1. The van der Waals surface area contributed by atoms with Crippen molar-refractivity contribution in [3.05, 3.63) is 47.0 Å². The second kappa shape index (κ2) is 9.81. The Balaban J connectivity index is 1.18. The van der Waals surface area contributed by atoms with Crippen LogP contribution in [0.1, 0.15) is 31.2 Å². The molecule has 2 heterocycles. The summed E-state index contributed by atoms with van der Waals surface area (Å²) >= 11 is 5.87. The number of rotatable bonds is 7. The molecule has 1 aromatic carbocycles. The molecule has 0 radical (unpaired) electrons. The third-order valence-corrected chi connectivity index (χ3v) is 6.64. The molecule has 0 N–H and O–H groups in total. The van der Waals surface area contributed by atoms with Crippen molar-refractivity contribution in [2.45, 2.75) is 32.1 Å². The highest BCUT2D eigenvalue weighted by molar-refractivity contribution is 6.30. The van der Waals surface area contributed by atoms with Crippen molar-refractivity contribution < 1.29 is 18.7 Å². The van der Waals surface area contributed by atoms with Gasteiger partial charge in [-0.15, -0.1) is 0 Å². The second-order valence-electron chi connectivity index (χ2n) is 8.44. The average Bonchev–Trinajstić information content (AvgIpc) is 2.75. The number of carbonyl (C=O) groups is 1. The Morgan fingerprint density at radius 3 is 2.55 bits per heavy atom. The molecular weight excluding hydrogens is 421 g/mol. The first-order valence-corrected chi connectivity index (χ1v) is 11.1. The lowest BCUT2D eigenvalue weighted by molar-refractivity contribution is -0.139. The second-order valence-corrected chi connectivity index (χ2v) is 8.88. The first-order chi connectivity index (χ1) is 15.0. The molecule has 8 heteroatoms. The van der Waals surface area contributed by atoms with E-state index in [0.29, 0.717) is 28.9 Å². The van der Waals surface area contributed by atoms with E-state index in [1.807, 2.05) is 0 Å². The van der Waals surface area contributed by atoms with Crippen molar-refractivity contribution in [1.82, 2.24) is 9.97 Å². The SMILES string of the molecule is COC(=O)Cc1ccc(OCC2CC(C3CCN(c4ncc(Cl)cn4)CC3)C2)cc1F. The lowest BCUT2D eigenvalue weighted by Gasteiger charge is -2.43. The number of esters is 1. The zero-order valence-corrected chi connectivity index (χ0v) is 18.4. The Morgan fingerprint density at radius 2 is 1.90 bits per heavy atom. The fourth-order valence-electron chi connectivity index (χ4n) is 4.55. The summed E-state index contributed by atoms with van der Waals surface area (Å²) in [5.41, 5.74) is 0.318. The first kappa shape index (κ1) is 21.8. The number of ether oxygens (including phenoxy) is 2. The van der Waals surface area contributed by atoms with Gasteiger partial charge in [-0.3, -0.25) is 4.79 Å². The molecule has 0 atom stereocenters. The average molecular weight is 448 g/mol. The number of halogens is 2. The smallest absolute Gasteiger partial charge is 0.310 e. The van der Waals surface area contributed by atoms with Gasteiger partial charge < -0.3 is 14.4 Å². The molecule has 6 nitrogen and oxygen atoms in total. The van der Waals surface area contributed by atoms with Gasteiger partial charge in [0.1, 0.15) is 11.6 Å². The maximum Gasteiger partial charge on any atom is 0.310 e. The molecule has 0 amide bonds. The van der Waals surface area contributed by atoms with E-state index in [1.165, 1.54) is 13.2 Å². The van der Waals surface area contributed by atoms with E-state index < -0.39 is 11.8 Å². The van der Waals surface area contributed by atoms with Crippen LogP contribution in [0.3, 0.4) is 0 Å². The number of anilines is 1. The highest BCUT2D eigenvalue weighted by Crippen LogP contribution is 2.43. The third-order valence-electron chi connectivity index (χ3n) is 6.44. The maximum absolute atomic E-state index is 14.1. The van der Waals surface area contributed by atoms with Crippen LogP contribution < -0.4 is 9.64 Å². The zero-order chi connectivity index (χ0) is 21.8. The summed E-state index contributed by atoms with van der Waals surface area (Å²) in [6, 6.07) is 4.65. The largest absolute Gasteiger partial charge is 0.493 e. The van der Waals surface area contributed by atoms with E-state index in [1.54, 1.807) is 24.5 Å². The first-order valence-electron chi connectivity index (χ1n) is 10.7. The number of aromatic nitrogens is 2. The van der Waals surface area contributed by atoms with E-state index in [2.05, 4.69) is 19.6 Å². The Hall–Kier alpha value is -2.41. The molecule has 1 aliphatic carbocycles. The molecule has 2 aromatic rings. The van der Waals surface area contributed by atoms with Crippen molar-refractivity contribution in [3.8, 4) is 5.75 Å². The molecule has 166 valence electrons. The zero-order valence-electron chi connectivity index (χ0n) is 17.6. The summed E-state index contributed by atoms with van der Waals surface area (Å²) in [4.78, 5) is 22.2. The summed E-state index contributed by atoms with van der Waals surface area (Å²) in [6.45, 7) is 2.55. The molecule has 0 spiro atoms. The molecule has 1 saturated heterocycles. The minimum atomic E-state index is -0.459. The standard InChI is InChI=1S/C23H27ClFN3O3/c1-30-22(29)10-17-2-3-20(11-21(17)25)31-14-15-8-18(9-15)16-4-6-28(7-5-16)23-26-12-19(24)13-27-23/h2-3,11-13,15-16,18H,4-10,14H2,1H3. The Labute approximate surface area is 186 Å². The molecule has 0 bridgehead atoms. The summed E-state index contributed by atoms with van der Waals surface area (Å²) < 4.78 is 24.5. The van der Waals surface area contributed by atoms with Gasteiger partial charge in [0.2, 0.25) is 5.95 Å². The third kappa shape index (κ3) is 5.45. The fourth-order valence-corrected chi connectivity index (χ4v) is 4.65. The minimum Gasteiger partial charge on any atom is -0.493 e. The molecule has 4 rings (SSSR count). The summed E-state index contributed by atoms with van der Waals surface area (Å²) in [7, 11) is 1.29. The predicted octanol–water partition coefficient (Wildman–Crippen LogP) is 4.31. The van der Waals surface area contributed by atoms with Crippen LogP contribution in [0, 0.1) is 23.6 Å². The lowest BCUT2D eigenvalue weighted by atomic mass is 9.66. The molecular formula is C23H27ClFN3O3. The van der Waals surface area contributed by atoms with E-state index >= 15 is 0 Å². The van der Waals surface area contributed by atoms with Crippen molar-refractivity contribution >= 4 is 23.5 Å². The molecule has 1 aliphatic heterocycles. The van der Waals surface area contributed by atoms with Gasteiger partial charge in [0.15, 0.2) is 0 Å². The van der Waals surface area contributed by atoms with Gasteiger partial charge in [-0.1, -0.05) is 17.7 Å². The number of nitrogens with zero attached hydrogens (tertiary/aromatic N) is 3. The van der Waals surface area contributed by atoms with Crippen LogP contribution in [-0.4, -0.2) is 42.7 Å². The molecule has 2 aliphatic rings. The molecule has 1 aromatic heterocycles. The summed E-state index contributed by atoms with van der Waals surface area (Å²) in [5, 5.41) is 0.557. The van der Waals surface area contributed by atoms with Crippen molar-refractivity contribution in [2.75, 3.05) is 31.7 Å². The quantitative estimate of drug-likeness (QED) is 0.589. The summed E-state index contributed by atoms with van der Waals surface area (Å²) in [5.74, 6) is 2.35. The number of piperidine rings is 1. The highest BCUT2D eigenvalue weighted by atomic mass is 35.5. The van der Waals surface area contributed by atoms with Gasteiger partial charge in [0.05, 0.1) is 37.6 Å². The van der Waals surface area contributed by atoms with Gasteiger partial charge in [-0.25, -0.2) is 14.4 Å². The number of benzene rings is 1. The van der Waals surface area contributed by atoms with E-state index in [-0.39, 0.29) is 6.42 Å². The van der Waals surface area contributed by atoms with Gasteiger partial charge in [0, 0.05) is 19.2 Å². The molecule has 0 unspecified atom stereocenters. The van der Waals surface area contributed by atoms with Crippen LogP contribution in [0.2, 0.25) is 5.02 Å². The Morgan fingerprint density at radius 1 is 1.19 bits per heavy atom. The minimum absolute atomic E-state index is 0.0735. The topological polar surface area (TPSA) is 64.6 Å². The van der Waals surface area contributed by atoms with Crippen molar-refractivity contribution in [2.24, 2.45) is 17.8 Å². The molecule has 2 fully saturated rings. The van der Waals surface area contributed by atoms with Gasteiger partial charge in [-0.05, 0) is 55.1 Å². The van der Waals surface area contributed by atoms with Crippen molar-refractivity contribution in [3.63, 3.8) is 0 Å². The number of hydrogen-bond acceptors (Lipinski definition) is 6. The Bertz CT molecular complexity index is 897. The van der Waals surface area contributed by atoms with E-state index in [4.69, 9.17) is 16.3 Å². The maximum atomic E-state index is 14.1. The molecule has 31 heavy (non-hydrogen) atoms.